The number of hydrogen-bond donors (Lipinski definition) is 1. The molecule has 1 aliphatic heterocycles. The smallest absolute Gasteiger partial charge is 0.271 e. The fourth-order valence-corrected chi connectivity index (χ4v) is 2.99. The molecule has 0 aromatic heterocycles. The third-order valence-corrected chi connectivity index (χ3v) is 4.70. The van der Waals surface area contributed by atoms with Gasteiger partial charge in [-0.3, -0.25) is 9.59 Å². The largest absolute Gasteiger partial charge is 0.475 e. The Labute approximate surface area is 137 Å². The van der Waals surface area contributed by atoms with Gasteiger partial charge in [0.05, 0.1) is 5.69 Å². The number of ketones is 1. The number of nitrogens with two attached hydrogens (primary N) is 1. The lowest BCUT2D eigenvalue weighted by molar-refractivity contribution is -0.136. The maximum Gasteiger partial charge on any atom is 0.271 e. The number of Topliss-reactive ketones (excluding diaryl/α,β-unsaturated/α-hetero) is 1. The van der Waals surface area contributed by atoms with Crippen LogP contribution in [0.15, 0.2) is 18.2 Å². The van der Waals surface area contributed by atoms with Crippen molar-refractivity contribution in [2.45, 2.75) is 58.6 Å². The number of amides is 1. The SMILES string of the molecule is CCC(=O)c1ccc2c(c1)N(C(C)CN)C(=O)C(CC)(CC)O2. The van der Waals surface area contributed by atoms with Crippen LogP contribution in [0.3, 0.4) is 0 Å². The molecule has 1 aliphatic rings. The second-order valence-electron chi connectivity index (χ2n) is 6.02. The van der Waals surface area contributed by atoms with E-state index in [1.165, 1.54) is 0 Å². The molecule has 0 aliphatic carbocycles. The summed E-state index contributed by atoms with van der Waals surface area (Å²) in [5, 5.41) is 0. The zero-order chi connectivity index (χ0) is 17.2. The van der Waals surface area contributed by atoms with Crippen LogP contribution in [-0.4, -0.2) is 29.9 Å². The molecule has 5 nitrogen and oxygen atoms in total. The molecule has 1 aromatic rings. The van der Waals surface area contributed by atoms with Crippen molar-refractivity contribution < 1.29 is 14.3 Å². The van der Waals surface area contributed by atoms with E-state index in [9.17, 15) is 9.59 Å². The van der Waals surface area contributed by atoms with Gasteiger partial charge in [0.25, 0.3) is 5.91 Å². The van der Waals surface area contributed by atoms with Crippen LogP contribution in [0.5, 0.6) is 5.75 Å². The standard InChI is InChI=1S/C18H26N2O3/c1-5-15(21)13-8-9-16-14(10-13)20(12(4)11-19)17(22)18(6-2,7-3)23-16/h8-10,12H,5-7,11,19H2,1-4H3. The number of anilines is 1. The summed E-state index contributed by atoms with van der Waals surface area (Å²) in [6.07, 6.45) is 1.60. The van der Waals surface area contributed by atoms with Gasteiger partial charge in [-0.1, -0.05) is 20.8 Å². The second-order valence-corrected chi connectivity index (χ2v) is 6.02. The van der Waals surface area contributed by atoms with Gasteiger partial charge in [0, 0.05) is 24.6 Å². The highest BCUT2D eigenvalue weighted by Crippen LogP contribution is 2.42. The molecule has 0 saturated heterocycles. The number of carbonyl (C=O) groups excluding carboxylic acids is 2. The quantitative estimate of drug-likeness (QED) is 0.819. The Morgan fingerprint density at radius 2 is 1.96 bits per heavy atom. The third kappa shape index (κ3) is 2.85. The van der Waals surface area contributed by atoms with Gasteiger partial charge < -0.3 is 15.4 Å². The van der Waals surface area contributed by atoms with Crippen molar-refractivity contribution in [3.63, 3.8) is 0 Å². The summed E-state index contributed by atoms with van der Waals surface area (Å²) in [4.78, 5) is 26.8. The van der Waals surface area contributed by atoms with Crippen LogP contribution in [0.4, 0.5) is 5.69 Å². The van der Waals surface area contributed by atoms with E-state index in [1.807, 2.05) is 27.7 Å². The predicted molar refractivity (Wildman–Crippen MR) is 91.0 cm³/mol. The zero-order valence-corrected chi connectivity index (χ0v) is 14.4. The van der Waals surface area contributed by atoms with Crippen molar-refractivity contribution in [3.05, 3.63) is 23.8 Å². The topological polar surface area (TPSA) is 72.6 Å². The first-order valence-corrected chi connectivity index (χ1v) is 8.34. The average Bonchev–Trinajstić information content (AvgIpc) is 2.59. The monoisotopic (exact) mass is 318 g/mol. The van der Waals surface area contributed by atoms with E-state index in [0.29, 0.717) is 42.8 Å². The molecule has 5 heteroatoms. The van der Waals surface area contributed by atoms with Gasteiger partial charge in [-0.15, -0.1) is 0 Å². The van der Waals surface area contributed by atoms with Crippen molar-refractivity contribution in [1.29, 1.82) is 0 Å². The molecule has 0 radical (unpaired) electrons. The van der Waals surface area contributed by atoms with Gasteiger partial charge in [-0.25, -0.2) is 0 Å². The van der Waals surface area contributed by atoms with Crippen LogP contribution in [-0.2, 0) is 4.79 Å². The van der Waals surface area contributed by atoms with Crippen LogP contribution in [0.25, 0.3) is 0 Å². The summed E-state index contributed by atoms with van der Waals surface area (Å²) in [5.41, 5.74) is 6.20. The van der Waals surface area contributed by atoms with Gasteiger partial charge in [0.1, 0.15) is 5.75 Å². The van der Waals surface area contributed by atoms with Crippen LogP contribution >= 0.6 is 0 Å². The summed E-state index contributed by atoms with van der Waals surface area (Å²) >= 11 is 0. The fourth-order valence-electron chi connectivity index (χ4n) is 2.99. The van der Waals surface area contributed by atoms with Crippen LogP contribution in [0.2, 0.25) is 0 Å². The number of rotatable bonds is 6. The summed E-state index contributed by atoms with van der Waals surface area (Å²) in [5.74, 6) is 0.610. The first-order chi connectivity index (χ1) is 10.9. The second kappa shape index (κ2) is 6.71. The maximum absolute atomic E-state index is 13.1. The molecule has 0 spiro atoms. The van der Waals surface area contributed by atoms with Crippen LogP contribution < -0.4 is 15.4 Å². The molecule has 1 aromatic carbocycles. The first kappa shape index (κ1) is 17.5. The van der Waals surface area contributed by atoms with Crippen molar-refractivity contribution >= 4 is 17.4 Å². The molecule has 126 valence electrons. The van der Waals surface area contributed by atoms with E-state index in [0.717, 1.165) is 0 Å². The lowest BCUT2D eigenvalue weighted by Gasteiger charge is -2.44. The van der Waals surface area contributed by atoms with Crippen LogP contribution in [0, 0.1) is 0 Å². The molecule has 1 atom stereocenters. The summed E-state index contributed by atoms with van der Waals surface area (Å²) in [6, 6.07) is 5.15. The highest BCUT2D eigenvalue weighted by Gasteiger charge is 2.47. The maximum atomic E-state index is 13.1. The normalized spacial score (nSPS) is 17.4. The Balaban J connectivity index is 2.60. The molecular formula is C18H26N2O3. The minimum Gasteiger partial charge on any atom is -0.475 e. The van der Waals surface area contributed by atoms with Crippen LogP contribution in [0.1, 0.15) is 57.3 Å². The number of nitrogens with zero attached hydrogens (tertiary/aromatic N) is 1. The molecular weight excluding hydrogens is 292 g/mol. The molecule has 0 saturated carbocycles. The van der Waals surface area contributed by atoms with Gasteiger partial charge >= 0.3 is 0 Å². The lowest BCUT2D eigenvalue weighted by Crippen LogP contribution is -2.59. The molecule has 1 unspecified atom stereocenters. The number of benzene rings is 1. The lowest BCUT2D eigenvalue weighted by atomic mass is 9.91. The van der Waals surface area contributed by atoms with E-state index >= 15 is 0 Å². The summed E-state index contributed by atoms with van der Waals surface area (Å²) in [6.45, 7) is 7.99. The molecule has 23 heavy (non-hydrogen) atoms. The molecule has 1 heterocycles. The highest BCUT2D eigenvalue weighted by atomic mass is 16.5. The molecule has 0 bridgehead atoms. The van der Waals surface area contributed by atoms with Gasteiger partial charge in [0.2, 0.25) is 0 Å². The zero-order valence-electron chi connectivity index (χ0n) is 14.4. The Hall–Kier alpha value is -1.88. The van der Waals surface area contributed by atoms with Crippen molar-refractivity contribution in [2.24, 2.45) is 5.73 Å². The minimum atomic E-state index is -0.854. The third-order valence-electron chi connectivity index (χ3n) is 4.70. The van der Waals surface area contributed by atoms with Crippen molar-refractivity contribution in [3.8, 4) is 5.75 Å². The summed E-state index contributed by atoms with van der Waals surface area (Å²) in [7, 11) is 0. The number of hydrogen-bond acceptors (Lipinski definition) is 4. The highest BCUT2D eigenvalue weighted by molar-refractivity contribution is 6.05. The Morgan fingerprint density at radius 3 is 2.48 bits per heavy atom. The Bertz CT molecular complexity index is 608. The van der Waals surface area contributed by atoms with Crippen molar-refractivity contribution in [1.82, 2.24) is 0 Å². The van der Waals surface area contributed by atoms with Gasteiger partial charge in [-0.05, 0) is 38.0 Å². The van der Waals surface area contributed by atoms with Gasteiger partial charge in [0.15, 0.2) is 11.4 Å². The fraction of sp³-hybridized carbons (Fsp3) is 0.556. The van der Waals surface area contributed by atoms with E-state index < -0.39 is 5.60 Å². The Kier molecular flexibility index (Phi) is 5.09. The van der Waals surface area contributed by atoms with E-state index in [1.54, 1.807) is 23.1 Å². The predicted octanol–water partition coefficient (Wildman–Crippen LogP) is 2.91. The Morgan fingerprint density at radius 1 is 1.30 bits per heavy atom. The van der Waals surface area contributed by atoms with E-state index in [4.69, 9.17) is 10.5 Å². The molecule has 1 amide bonds. The van der Waals surface area contributed by atoms with E-state index in [-0.39, 0.29) is 17.7 Å². The number of ether oxygens (including phenoxy) is 1. The number of carbonyl (C=O) groups is 2. The average molecular weight is 318 g/mol. The van der Waals surface area contributed by atoms with Crippen molar-refractivity contribution in [2.75, 3.05) is 11.4 Å². The summed E-state index contributed by atoms with van der Waals surface area (Å²) < 4.78 is 6.08. The minimum absolute atomic E-state index is 0.0448. The first-order valence-electron chi connectivity index (χ1n) is 8.34. The molecule has 0 fully saturated rings. The number of fused-ring (bicyclic) bond motifs is 1. The molecule has 2 N–H and O–H groups in total. The van der Waals surface area contributed by atoms with Gasteiger partial charge in [-0.2, -0.15) is 0 Å². The van der Waals surface area contributed by atoms with E-state index in [2.05, 4.69) is 0 Å². The molecule has 2 rings (SSSR count).